The molecule has 3 aromatic rings. The van der Waals surface area contributed by atoms with Gasteiger partial charge in [0.1, 0.15) is 6.04 Å². The van der Waals surface area contributed by atoms with Gasteiger partial charge in [-0.2, -0.15) is 0 Å². The smallest absolute Gasteiger partial charge is 0.243 e. The lowest BCUT2D eigenvalue weighted by molar-refractivity contribution is -0.141. The summed E-state index contributed by atoms with van der Waals surface area (Å²) in [6.07, 6.45) is 1.98. The molecule has 208 valence electrons. The molecule has 1 atom stereocenters. The molecule has 3 rings (SSSR count). The molecule has 0 bridgehead atoms. The van der Waals surface area contributed by atoms with Crippen LogP contribution in [-0.4, -0.2) is 42.5 Å². The molecule has 0 aliphatic rings. The number of carbonyl (C=O) groups excluding carboxylic acids is 2. The number of hydrogen-bond acceptors (Lipinski definition) is 4. The van der Waals surface area contributed by atoms with E-state index in [0.717, 1.165) is 23.1 Å². The molecule has 6 nitrogen and oxygen atoms in total. The Bertz CT molecular complexity index is 1200. The van der Waals surface area contributed by atoms with E-state index in [9.17, 15) is 9.59 Å². The highest BCUT2D eigenvalue weighted by atomic mass is 35.5. The van der Waals surface area contributed by atoms with E-state index in [1.807, 2.05) is 87.5 Å². The van der Waals surface area contributed by atoms with Crippen molar-refractivity contribution in [3.63, 3.8) is 0 Å². The lowest BCUT2D eigenvalue weighted by Gasteiger charge is -2.31. The van der Waals surface area contributed by atoms with Crippen LogP contribution in [0.4, 0.5) is 0 Å². The zero-order valence-corrected chi connectivity index (χ0v) is 23.9. The molecule has 0 aliphatic heterocycles. The van der Waals surface area contributed by atoms with E-state index >= 15 is 0 Å². The van der Waals surface area contributed by atoms with Crippen molar-refractivity contribution < 1.29 is 19.1 Å². The fourth-order valence-electron chi connectivity index (χ4n) is 4.40. The lowest BCUT2D eigenvalue weighted by Crippen LogP contribution is -2.50. The molecule has 0 spiro atoms. The van der Waals surface area contributed by atoms with Crippen molar-refractivity contribution in [1.29, 1.82) is 0 Å². The van der Waals surface area contributed by atoms with Gasteiger partial charge in [0, 0.05) is 31.0 Å². The highest BCUT2D eigenvalue weighted by Gasteiger charge is 2.30. The Labute approximate surface area is 237 Å². The second-order valence-corrected chi connectivity index (χ2v) is 9.73. The number of aryl methyl sites for hydroxylation is 1. The van der Waals surface area contributed by atoms with E-state index in [1.165, 1.54) is 0 Å². The Morgan fingerprint density at radius 1 is 0.846 bits per heavy atom. The predicted octanol–water partition coefficient (Wildman–Crippen LogP) is 6.24. The van der Waals surface area contributed by atoms with Crippen LogP contribution < -0.4 is 14.8 Å². The van der Waals surface area contributed by atoms with E-state index in [0.29, 0.717) is 49.1 Å². The number of halogens is 1. The Morgan fingerprint density at radius 2 is 1.56 bits per heavy atom. The summed E-state index contributed by atoms with van der Waals surface area (Å²) < 4.78 is 11.4. The van der Waals surface area contributed by atoms with Crippen LogP contribution in [0.1, 0.15) is 50.3 Å². The molecule has 0 radical (unpaired) electrons. The largest absolute Gasteiger partial charge is 0.490 e. The predicted molar refractivity (Wildman–Crippen MR) is 156 cm³/mol. The minimum atomic E-state index is -0.662. The van der Waals surface area contributed by atoms with Crippen molar-refractivity contribution in [3.8, 4) is 11.5 Å². The van der Waals surface area contributed by atoms with Gasteiger partial charge in [0.05, 0.1) is 13.2 Å². The second-order valence-electron chi connectivity index (χ2n) is 9.30. The van der Waals surface area contributed by atoms with E-state index in [2.05, 4.69) is 5.32 Å². The highest BCUT2D eigenvalue weighted by molar-refractivity contribution is 6.30. The van der Waals surface area contributed by atoms with Crippen LogP contribution in [0.5, 0.6) is 11.5 Å². The summed E-state index contributed by atoms with van der Waals surface area (Å²) in [7, 11) is 0. The summed E-state index contributed by atoms with van der Waals surface area (Å²) in [6, 6.07) is 22.3. The number of amides is 2. The van der Waals surface area contributed by atoms with Crippen LogP contribution >= 0.6 is 11.6 Å². The second kappa shape index (κ2) is 15.8. The van der Waals surface area contributed by atoms with Crippen LogP contribution in [0.25, 0.3) is 0 Å². The molecular weight excluding hydrogens is 512 g/mol. The third kappa shape index (κ3) is 9.32. The van der Waals surface area contributed by atoms with Gasteiger partial charge in [0.2, 0.25) is 11.8 Å². The molecule has 0 unspecified atom stereocenters. The Morgan fingerprint density at radius 3 is 2.26 bits per heavy atom. The average molecular weight is 551 g/mol. The summed E-state index contributed by atoms with van der Waals surface area (Å²) in [5, 5.41) is 3.60. The first kappa shape index (κ1) is 30.0. The molecule has 1 N–H and O–H groups in total. The Kier molecular flexibility index (Phi) is 12.2. The van der Waals surface area contributed by atoms with Crippen molar-refractivity contribution in [2.24, 2.45) is 0 Å². The maximum absolute atomic E-state index is 13.9. The zero-order chi connectivity index (χ0) is 28.0. The van der Waals surface area contributed by atoms with Crippen molar-refractivity contribution in [2.45, 2.75) is 59.0 Å². The molecule has 3 aromatic carbocycles. The first-order chi connectivity index (χ1) is 18.9. The number of ether oxygens (including phenoxy) is 2. The molecule has 7 heteroatoms. The van der Waals surface area contributed by atoms with Crippen LogP contribution in [0.2, 0.25) is 5.02 Å². The summed E-state index contributed by atoms with van der Waals surface area (Å²) in [6.45, 7) is 7.76. The van der Waals surface area contributed by atoms with E-state index in [4.69, 9.17) is 21.1 Å². The molecule has 2 amide bonds. The first-order valence-corrected chi connectivity index (χ1v) is 14.1. The zero-order valence-electron chi connectivity index (χ0n) is 23.1. The number of nitrogens with zero attached hydrogens (tertiary/aromatic N) is 1. The summed E-state index contributed by atoms with van der Waals surface area (Å²) in [4.78, 5) is 29.0. The van der Waals surface area contributed by atoms with E-state index in [-0.39, 0.29) is 24.8 Å². The molecule has 0 aromatic heterocycles. The van der Waals surface area contributed by atoms with Crippen LogP contribution in [0, 0.1) is 0 Å². The summed E-state index contributed by atoms with van der Waals surface area (Å²) in [5.74, 6) is 1.10. The minimum Gasteiger partial charge on any atom is -0.490 e. The molecule has 0 saturated heterocycles. The maximum atomic E-state index is 13.9. The van der Waals surface area contributed by atoms with Crippen molar-refractivity contribution >= 4 is 23.4 Å². The normalized spacial score (nSPS) is 11.5. The summed E-state index contributed by atoms with van der Waals surface area (Å²) in [5.41, 5.74) is 2.83. The van der Waals surface area contributed by atoms with Crippen LogP contribution in [0.15, 0.2) is 72.8 Å². The first-order valence-electron chi connectivity index (χ1n) is 13.7. The Balaban J connectivity index is 1.88. The van der Waals surface area contributed by atoms with Gasteiger partial charge < -0.3 is 19.7 Å². The van der Waals surface area contributed by atoms with Crippen LogP contribution in [0.3, 0.4) is 0 Å². The van der Waals surface area contributed by atoms with Crippen molar-refractivity contribution in [1.82, 2.24) is 10.2 Å². The number of rotatable bonds is 15. The SMILES string of the molecule is CCCNC(=O)[C@H](Cc1ccccc1)N(Cc1cccc(Cl)c1)C(=O)CCc1ccc(OCC)c(OCC)c1. The van der Waals surface area contributed by atoms with Gasteiger partial charge in [-0.3, -0.25) is 9.59 Å². The monoisotopic (exact) mass is 550 g/mol. The third-order valence-electron chi connectivity index (χ3n) is 6.30. The van der Waals surface area contributed by atoms with Gasteiger partial charge in [-0.15, -0.1) is 0 Å². The fraction of sp³-hybridized carbons (Fsp3) is 0.375. The number of nitrogens with one attached hydrogen (secondary N) is 1. The standard InChI is InChI=1S/C32H39ClN2O4/c1-4-19-34-32(37)28(21-24-11-8-7-9-12-24)35(23-26-13-10-14-27(33)20-26)31(36)18-16-25-15-17-29(38-5-2)30(22-25)39-6-3/h7-15,17,20,22,28H,4-6,16,18-19,21,23H2,1-3H3,(H,34,37)/t28-/m0/s1. The topological polar surface area (TPSA) is 67.9 Å². The maximum Gasteiger partial charge on any atom is 0.243 e. The molecule has 39 heavy (non-hydrogen) atoms. The summed E-state index contributed by atoms with van der Waals surface area (Å²) >= 11 is 6.26. The van der Waals surface area contributed by atoms with Gasteiger partial charge in [0.25, 0.3) is 0 Å². The van der Waals surface area contributed by atoms with Gasteiger partial charge in [0.15, 0.2) is 11.5 Å². The average Bonchev–Trinajstić information content (AvgIpc) is 2.94. The number of benzene rings is 3. The molecule has 0 heterocycles. The van der Waals surface area contributed by atoms with Gasteiger partial charge in [-0.1, -0.05) is 67.1 Å². The van der Waals surface area contributed by atoms with Gasteiger partial charge >= 0.3 is 0 Å². The van der Waals surface area contributed by atoms with Crippen molar-refractivity contribution in [3.05, 3.63) is 94.5 Å². The fourth-order valence-corrected chi connectivity index (χ4v) is 4.61. The van der Waals surface area contributed by atoms with Crippen LogP contribution in [-0.2, 0) is 29.0 Å². The van der Waals surface area contributed by atoms with Gasteiger partial charge in [-0.25, -0.2) is 0 Å². The quantitative estimate of drug-likeness (QED) is 0.243. The minimum absolute atomic E-state index is 0.102. The highest BCUT2D eigenvalue weighted by Crippen LogP contribution is 2.29. The third-order valence-corrected chi connectivity index (χ3v) is 6.53. The molecular formula is C32H39ClN2O4. The number of hydrogen-bond donors (Lipinski definition) is 1. The Hall–Kier alpha value is -3.51. The van der Waals surface area contributed by atoms with Crippen molar-refractivity contribution in [2.75, 3.05) is 19.8 Å². The van der Waals surface area contributed by atoms with E-state index < -0.39 is 6.04 Å². The lowest BCUT2D eigenvalue weighted by atomic mass is 10.0. The van der Waals surface area contributed by atoms with Gasteiger partial charge in [-0.05, 0) is 67.6 Å². The molecule has 0 fully saturated rings. The van der Waals surface area contributed by atoms with E-state index in [1.54, 1.807) is 11.0 Å². The molecule has 0 aliphatic carbocycles. The number of carbonyl (C=O) groups is 2. The molecule has 0 saturated carbocycles.